The molecule has 21 heavy (non-hydrogen) atoms. The maximum atomic E-state index is 13.1. The van der Waals surface area contributed by atoms with Crippen LogP contribution in [0.1, 0.15) is 50.0 Å². The van der Waals surface area contributed by atoms with Crippen molar-refractivity contribution < 1.29 is 8.42 Å². The molecule has 0 amide bonds. The van der Waals surface area contributed by atoms with Gasteiger partial charge in [0.1, 0.15) is 4.90 Å². The van der Waals surface area contributed by atoms with E-state index in [1.54, 1.807) is 15.6 Å². The average Bonchev–Trinajstić information content (AvgIpc) is 3.07. The van der Waals surface area contributed by atoms with E-state index in [1.165, 1.54) is 0 Å². The molecule has 1 saturated carbocycles. The molecular formula is C15H26N2O2S2. The first-order valence-corrected chi connectivity index (χ1v) is 10.1. The van der Waals surface area contributed by atoms with E-state index in [2.05, 4.69) is 5.32 Å². The number of hydrogen-bond acceptors (Lipinski definition) is 4. The second-order valence-corrected chi connectivity index (χ2v) is 8.39. The zero-order chi connectivity index (χ0) is 15.5. The summed E-state index contributed by atoms with van der Waals surface area (Å²) in [6, 6.07) is 0.186. The summed E-state index contributed by atoms with van der Waals surface area (Å²) in [5.41, 5.74) is 0.879. The molecule has 0 spiro atoms. The van der Waals surface area contributed by atoms with Gasteiger partial charge in [-0.2, -0.15) is 4.31 Å². The predicted molar refractivity (Wildman–Crippen MR) is 88.3 cm³/mol. The molecule has 0 aliphatic heterocycles. The minimum Gasteiger partial charge on any atom is -0.312 e. The molecule has 0 aromatic carbocycles. The Kier molecular flexibility index (Phi) is 5.82. The monoisotopic (exact) mass is 330 g/mol. The summed E-state index contributed by atoms with van der Waals surface area (Å²) >= 11 is 1.55. The molecule has 0 bridgehead atoms. The summed E-state index contributed by atoms with van der Waals surface area (Å²) in [4.78, 5) is 1.48. The van der Waals surface area contributed by atoms with E-state index in [1.807, 2.05) is 26.2 Å². The van der Waals surface area contributed by atoms with E-state index in [0.29, 0.717) is 18.0 Å². The predicted octanol–water partition coefficient (Wildman–Crippen LogP) is 3.12. The van der Waals surface area contributed by atoms with Crippen molar-refractivity contribution in [3.8, 4) is 0 Å². The Morgan fingerprint density at radius 1 is 1.33 bits per heavy atom. The fourth-order valence-electron chi connectivity index (χ4n) is 3.13. The van der Waals surface area contributed by atoms with Gasteiger partial charge in [-0.05, 0) is 37.3 Å². The lowest BCUT2D eigenvalue weighted by atomic mass is 10.2. The van der Waals surface area contributed by atoms with Crippen LogP contribution in [0.15, 0.2) is 10.3 Å². The molecule has 0 unspecified atom stereocenters. The highest BCUT2D eigenvalue weighted by atomic mass is 32.2. The Hall–Kier alpha value is -0.430. The fourth-order valence-corrected chi connectivity index (χ4v) is 6.56. The highest BCUT2D eigenvalue weighted by Gasteiger charge is 2.34. The van der Waals surface area contributed by atoms with Crippen molar-refractivity contribution in [3.63, 3.8) is 0 Å². The third-order valence-corrected chi connectivity index (χ3v) is 7.63. The molecule has 0 atom stereocenters. The van der Waals surface area contributed by atoms with Crippen LogP contribution in [0.4, 0.5) is 0 Å². The number of nitrogens with one attached hydrogen (secondary N) is 1. The Morgan fingerprint density at radius 3 is 2.57 bits per heavy atom. The van der Waals surface area contributed by atoms with E-state index < -0.39 is 10.0 Å². The summed E-state index contributed by atoms with van der Waals surface area (Å²) < 4.78 is 28.0. The van der Waals surface area contributed by atoms with Crippen LogP contribution in [-0.2, 0) is 16.6 Å². The van der Waals surface area contributed by atoms with Gasteiger partial charge in [0.2, 0.25) is 10.0 Å². The van der Waals surface area contributed by atoms with Crippen molar-refractivity contribution in [2.24, 2.45) is 0 Å². The van der Waals surface area contributed by atoms with Crippen LogP contribution >= 0.6 is 11.3 Å². The van der Waals surface area contributed by atoms with Gasteiger partial charge in [0.25, 0.3) is 0 Å². The lowest BCUT2D eigenvalue weighted by Gasteiger charge is -2.27. The van der Waals surface area contributed by atoms with E-state index in [0.717, 1.165) is 42.7 Å². The molecule has 6 heteroatoms. The van der Waals surface area contributed by atoms with Crippen LogP contribution in [0.5, 0.6) is 0 Å². The molecule has 1 fully saturated rings. The smallest absolute Gasteiger partial charge is 0.244 e. The molecular weight excluding hydrogens is 304 g/mol. The largest absolute Gasteiger partial charge is 0.312 e. The number of rotatable bonds is 7. The molecule has 1 aromatic heterocycles. The van der Waals surface area contributed by atoms with Crippen molar-refractivity contribution in [3.05, 3.63) is 15.8 Å². The number of nitrogens with zero attached hydrogens (tertiary/aromatic N) is 1. The highest BCUT2D eigenvalue weighted by Crippen LogP contribution is 2.33. The molecule has 1 heterocycles. The Balaban J connectivity index is 2.35. The summed E-state index contributed by atoms with van der Waals surface area (Å²) in [6.07, 6.45) is 4.28. The van der Waals surface area contributed by atoms with Gasteiger partial charge < -0.3 is 5.32 Å². The van der Waals surface area contributed by atoms with Crippen molar-refractivity contribution in [2.75, 3.05) is 13.1 Å². The second-order valence-electron chi connectivity index (χ2n) is 5.60. The number of hydrogen-bond donors (Lipinski definition) is 1. The first kappa shape index (κ1) is 16.9. The summed E-state index contributed by atoms with van der Waals surface area (Å²) in [6.45, 7) is 7.92. The fraction of sp³-hybridized carbons (Fsp3) is 0.733. The molecule has 1 aromatic rings. The SMILES string of the molecule is CCNCc1scc(C)c1S(=O)(=O)N(CC)C1CCCC1. The van der Waals surface area contributed by atoms with E-state index in [-0.39, 0.29) is 6.04 Å². The van der Waals surface area contributed by atoms with Gasteiger partial charge in [-0.1, -0.05) is 26.7 Å². The summed E-state index contributed by atoms with van der Waals surface area (Å²) in [5.74, 6) is 0. The Bertz CT molecular complexity index is 560. The Morgan fingerprint density at radius 2 is 2.00 bits per heavy atom. The van der Waals surface area contributed by atoms with Crippen molar-refractivity contribution in [1.82, 2.24) is 9.62 Å². The van der Waals surface area contributed by atoms with Crippen LogP contribution in [0.2, 0.25) is 0 Å². The number of aryl methyl sites for hydroxylation is 1. The zero-order valence-electron chi connectivity index (χ0n) is 13.2. The van der Waals surface area contributed by atoms with Gasteiger partial charge in [-0.15, -0.1) is 11.3 Å². The lowest BCUT2D eigenvalue weighted by molar-refractivity contribution is 0.335. The van der Waals surface area contributed by atoms with Gasteiger partial charge >= 0.3 is 0 Å². The van der Waals surface area contributed by atoms with E-state index in [4.69, 9.17) is 0 Å². The van der Waals surface area contributed by atoms with Gasteiger partial charge in [-0.3, -0.25) is 0 Å². The molecule has 0 radical (unpaired) electrons. The van der Waals surface area contributed by atoms with E-state index in [9.17, 15) is 8.42 Å². The minimum absolute atomic E-state index is 0.186. The normalized spacial score (nSPS) is 17.0. The van der Waals surface area contributed by atoms with Gasteiger partial charge in [0.15, 0.2) is 0 Å². The molecule has 1 aliphatic carbocycles. The topological polar surface area (TPSA) is 49.4 Å². The molecule has 1 N–H and O–H groups in total. The van der Waals surface area contributed by atoms with Crippen molar-refractivity contribution >= 4 is 21.4 Å². The van der Waals surface area contributed by atoms with Gasteiger partial charge in [0.05, 0.1) is 0 Å². The lowest BCUT2D eigenvalue weighted by Crippen LogP contribution is -2.39. The molecule has 1 aliphatic rings. The third kappa shape index (κ3) is 3.50. The zero-order valence-corrected chi connectivity index (χ0v) is 14.8. The van der Waals surface area contributed by atoms with Crippen LogP contribution in [-0.4, -0.2) is 31.9 Å². The maximum Gasteiger partial charge on any atom is 0.244 e. The average molecular weight is 331 g/mol. The van der Waals surface area contributed by atoms with E-state index >= 15 is 0 Å². The second kappa shape index (κ2) is 7.22. The third-order valence-electron chi connectivity index (χ3n) is 4.14. The molecule has 120 valence electrons. The highest BCUT2D eigenvalue weighted by molar-refractivity contribution is 7.89. The minimum atomic E-state index is -3.38. The number of sulfonamides is 1. The first-order valence-electron chi connectivity index (χ1n) is 7.81. The van der Waals surface area contributed by atoms with Crippen LogP contribution < -0.4 is 5.32 Å². The number of thiophene rings is 1. The van der Waals surface area contributed by atoms with Gasteiger partial charge in [0, 0.05) is 24.0 Å². The van der Waals surface area contributed by atoms with Crippen LogP contribution in [0.3, 0.4) is 0 Å². The summed E-state index contributed by atoms with van der Waals surface area (Å²) in [5, 5.41) is 5.20. The van der Waals surface area contributed by atoms with Crippen LogP contribution in [0.25, 0.3) is 0 Å². The standard InChI is InChI=1S/C15H26N2O2S2/c1-4-16-10-14-15(12(3)11-20-14)21(18,19)17(5-2)13-8-6-7-9-13/h11,13,16H,4-10H2,1-3H3. The molecule has 2 rings (SSSR count). The maximum absolute atomic E-state index is 13.1. The van der Waals surface area contributed by atoms with Gasteiger partial charge in [-0.25, -0.2) is 8.42 Å². The Labute approximate surface area is 132 Å². The van der Waals surface area contributed by atoms with Crippen molar-refractivity contribution in [2.45, 2.75) is 63.9 Å². The van der Waals surface area contributed by atoms with Crippen LogP contribution in [0, 0.1) is 6.92 Å². The molecule has 0 saturated heterocycles. The van der Waals surface area contributed by atoms with Crippen molar-refractivity contribution in [1.29, 1.82) is 0 Å². The quantitative estimate of drug-likeness (QED) is 0.835. The first-order chi connectivity index (χ1) is 10.0. The molecule has 4 nitrogen and oxygen atoms in total. The summed E-state index contributed by atoms with van der Waals surface area (Å²) in [7, 11) is -3.38.